The zero-order chi connectivity index (χ0) is 16.5. The number of hydrogen-bond acceptors (Lipinski definition) is 3. The highest BCUT2D eigenvalue weighted by atomic mass is 32.2. The van der Waals surface area contributed by atoms with Crippen molar-refractivity contribution in [1.82, 2.24) is 0 Å². The molecule has 0 aromatic heterocycles. The van der Waals surface area contributed by atoms with E-state index in [1.165, 1.54) is 6.92 Å². The average molecular weight is 317 g/mol. The van der Waals surface area contributed by atoms with Gasteiger partial charge in [-0.05, 0) is 51.0 Å². The summed E-state index contributed by atoms with van der Waals surface area (Å²) >= 11 is 0. The van der Waals surface area contributed by atoms with E-state index >= 15 is 0 Å². The van der Waals surface area contributed by atoms with Crippen LogP contribution in [0.4, 0.5) is 5.69 Å². The van der Waals surface area contributed by atoms with E-state index in [2.05, 4.69) is 4.72 Å². The van der Waals surface area contributed by atoms with Gasteiger partial charge in [-0.2, -0.15) is 0 Å². The molecule has 0 aliphatic rings. The molecular weight excluding hydrogens is 298 g/mol. The van der Waals surface area contributed by atoms with Gasteiger partial charge in [0.05, 0.1) is 10.6 Å². The molecule has 0 fully saturated rings. The van der Waals surface area contributed by atoms with E-state index in [0.717, 1.165) is 11.1 Å². The minimum Gasteiger partial charge on any atom is -0.295 e. The van der Waals surface area contributed by atoms with Gasteiger partial charge in [0.25, 0.3) is 10.0 Å². The molecule has 5 heteroatoms. The summed E-state index contributed by atoms with van der Waals surface area (Å²) < 4.78 is 27.7. The summed E-state index contributed by atoms with van der Waals surface area (Å²) in [4.78, 5) is 11.7. The number of hydrogen-bond donors (Lipinski definition) is 1. The zero-order valence-corrected chi connectivity index (χ0v) is 13.9. The van der Waals surface area contributed by atoms with Crippen LogP contribution < -0.4 is 4.72 Å². The topological polar surface area (TPSA) is 63.2 Å². The van der Waals surface area contributed by atoms with Gasteiger partial charge < -0.3 is 0 Å². The fraction of sp³-hybridized carbons (Fsp3) is 0.235. The van der Waals surface area contributed by atoms with Gasteiger partial charge in [-0.1, -0.05) is 29.8 Å². The van der Waals surface area contributed by atoms with Crippen molar-refractivity contribution in [3.63, 3.8) is 0 Å². The lowest BCUT2D eigenvalue weighted by atomic mass is 10.1. The monoisotopic (exact) mass is 317 g/mol. The number of sulfonamides is 1. The molecule has 2 aromatic rings. The Labute approximate surface area is 131 Å². The van der Waals surface area contributed by atoms with Crippen LogP contribution in [0.3, 0.4) is 0 Å². The molecule has 0 spiro atoms. The van der Waals surface area contributed by atoms with Gasteiger partial charge in [-0.25, -0.2) is 8.42 Å². The van der Waals surface area contributed by atoms with Crippen molar-refractivity contribution in [2.75, 3.05) is 4.72 Å². The zero-order valence-electron chi connectivity index (χ0n) is 13.1. The Bertz CT molecular complexity index is 839. The summed E-state index contributed by atoms with van der Waals surface area (Å²) in [6.45, 7) is 6.93. The van der Waals surface area contributed by atoms with E-state index in [-0.39, 0.29) is 10.7 Å². The summed E-state index contributed by atoms with van der Waals surface area (Å²) in [5.74, 6) is -0.105. The summed E-state index contributed by atoms with van der Waals surface area (Å²) in [5, 5.41) is 0. The van der Waals surface area contributed by atoms with Crippen LogP contribution in [0, 0.1) is 20.8 Å². The van der Waals surface area contributed by atoms with Gasteiger partial charge >= 0.3 is 0 Å². The predicted molar refractivity (Wildman–Crippen MR) is 87.9 cm³/mol. The standard InChI is InChI=1S/C17H19NO3S/c1-11-5-8-17(13(3)9-11)22(20,21)18-16-10-15(14(4)19)7-6-12(16)2/h5-10,18H,1-4H3. The first-order valence-electron chi connectivity index (χ1n) is 6.92. The second-order valence-corrected chi connectivity index (χ2v) is 7.11. The molecule has 0 heterocycles. The number of Topliss-reactive ketones (excluding diaryl/α,β-unsaturated/α-hetero) is 1. The van der Waals surface area contributed by atoms with E-state index in [1.54, 1.807) is 44.2 Å². The second kappa shape index (κ2) is 5.93. The highest BCUT2D eigenvalue weighted by Gasteiger charge is 2.18. The van der Waals surface area contributed by atoms with E-state index in [4.69, 9.17) is 0 Å². The third-order valence-corrected chi connectivity index (χ3v) is 5.03. The van der Waals surface area contributed by atoms with Crippen molar-refractivity contribution in [3.05, 3.63) is 58.7 Å². The molecule has 0 radical (unpaired) electrons. The molecule has 4 nitrogen and oxygen atoms in total. The van der Waals surface area contributed by atoms with Crippen molar-refractivity contribution in [2.24, 2.45) is 0 Å². The first-order chi connectivity index (χ1) is 10.2. The van der Waals surface area contributed by atoms with Crippen LogP contribution in [0.2, 0.25) is 0 Å². The van der Waals surface area contributed by atoms with Gasteiger partial charge in [0.2, 0.25) is 0 Å². The molecule has 116 valence electrons. The molecule has 0 bridgehead atoms. The first kappa shape index (κ1) is 16.2. The van der Waals surface area contributed by atoms with Crippen molar-refractivity contribution < 1.29 is 13.2 Å². The molecule has 0 saturated carbocycles. The summed E-state index contributed by atoms with van der Waals surface area (Å²) in [6, 6.07) is 10.2. The third-order valence-electron chi connectivity index (χ3n) is 3.51. The number of carbonyl (C=O) groups excluding carboxylic acids is 1. The molecule has 2 aromatic carbocycles. The van der Waals surface area contributed by atoms with Gasteiger partial charge in [-0.15, -0.1) is 0 Å². The molecule has 2 rings (SSSR count). The molecule has 0 aliphatic carbocycles. The van der Waals surface area contributed by atoms with Crippen molar-refractivity contribution >= 4 is 21.5 Å². The summed E-state index contributed by atoms with van der Waals surface area (Å²) in [6.07, 6.45) is 0. The van der Waals surface area contributed by atoms with Crippen LogP contribution in [0.25, 0.3) is 0 Å². The quantitative estimate of drug-likeness (QED) is 0.876. The van der Waals surface area contributed by atoms with Crippen molar-refractivity contribution in [2.45, 2.75) is 32.6 Å². The molecule has 1 N–H and O–H groups in total. The van der Waals surface area contributed by atoms with Crippen molar-refractivity contribution in [1.29, 1.82) is 0 Å². The number of anilines is 1. The number of aryl methyl sites for hydroxylation is 3. The van der Waals surface area contributed by atoms with Gasteiger partial charge in [0.1, 0.15) is 0 Å². The normalized spacial score (nSPS) is 11.3. The van der Waals surface area contributed by atoms with E-state index in [0.29, 0.717) is 16.8 Å². The maximum Gasteiger partial charge on any atom is 0.262 e. The molecule has 22 heavy (non-hydrogen) atoms. The number of carbonyl (C=O) groups is 1. The van der Waals surface area contributed by atoms with Crippen molar-refractivity contribution in [3.8, 4) is 0 Å². The largest absolute Gasteiger partial charge is 0.295 e. The minimum atomic E-state index is -3.69. The number of rotatable bonds is 4. The van der Waals surface area contributed by atoms with Crippen LogP contribution in [-0.2, 0) is 10.0 Å². The maximum atomic E-state index is 12.6. The Morgan fingerprint density at radius 1 is 0.955 bits per heavy atom. The van der Waals surface area contributed by atoms with Crippen LogP contribution in [-0.4, -0.2) is 14.2 Å². The Morgan fingerprint density at radius 3 is 2.23 bits per heavy atom. The van der Waals surface area contributed by atoms with Gasteiger partial charge in [0, 0.05) is 5.56 Å². The third kappa shape index (κ3) is 3.36. The maximum absolute atomic E-state index is 12.6. The predicted octanol–water partition coefficient (Wildman–Crippen LogP) is 3.62. The van der Waals surface area contributed by atoms with Gasteiger partial charge in [0.15, 0.2) is 5.78 Å². The highest BCUT2D eigenvalue weighted by Crippen LogP contribution is 2.23. The molecule has 0 amide bonds. The molecule has 0 atom stereocenters. The molecular formula is C17H19NO3S. The smallest absolute Gasteiger partial charge is 0.262 e. The second-order valence-electron chi connectivity index (χ2n) is 5.46. The molecule has 0 aliphatic heterocycles. The molecule has 0 saturated heterocycles. The number of ketones is 1. The Morgan fingerprint density at radius 2 is 1.64 bits per heavy atom. The lowest BCUT2D eigenvalue weighted by Gasteiger charge is -2.13. The average Bonchev–Trinajstić information content (AvgIpc) is 2.40. The Balaban J connectivity index is 2.45. The fourth-order valence-corrected chi connectivity index (χ4v) is 3.60. The summed E-state index contributed by atoms with van der Waals surface area (Å²) in [5.41, 5.74) is 3.36. The van der Waals surface area contributed by atoms with Gasteiger partial charge in [-0.3, -0.25) is 9.52 Å². The Hall–Kier alpha value is -2.14. The minimum absolute atomic E-state index is 0.105. The summed E-state index contributed by atoms with van der Waals surface area (Å²) in [7, 11) is -3.69. The number of nitrogens with one attached hydrogen (secondary N) is 1. The van der Waals surface area contributed by atoms with E-state index < -0.39 is 10.0 Å². The Kier molecular flexibility index (Phi) is 4.37. The fourth-order valence-electron chi connectivity index (χ4n) is 2.25. The number of benzene rings is 2. The van der Waals surface area contributed by atoms with Crippen LogP contribution >= 0.6 is 0 Å². The SMILES string of the molecule is CC(=O)c1ccc(C)c(NS(=O)(=O)c2ccc(C)cc2C)c1. The van der Waals surface area contributed by atoms with E-state index in [1.807, 2.05) is 13.0 Å². The lowest BCUT2D eigenvalue weighted by molar-refractivity contribution is 0.101. The van der Waals surface area contributed by atoms with E-state index in [9.17, 15) is 13.2 Å². The first-order valence-corrected chi connectivity index (χ1v) is 8.40. The van der Waals surface area contributed by atoms with Crippen LogP contribution in [0.1, 0.15) is 34.0 Å². The lowest BCUT2D eigenvalue weighted by Crippen LogP contribution is -2.15. The highest BCUT2D eigenvalue weighted by molar-refractivity contribution is 7.92. The van der Waals surface area contributed by atoms with Crippen LogP contribution in [0.5, 0.6) is 0 Å². The molecule has 0 unspecified atom stereocenters. The van der Waals surface area contributed by atoms with Crippen LogP contribution in [0.15, 0.2) is 41.3 Å².